The molecule has 0 heterocycles. The molecular formula is C18H20F3NO2. The summed E-state index contributed by atoms with van der Waals surface area (Å²) in [6.45, 7) is 5.85. The van der Waals surface area contributed by atoms with Crippen LogP contribution in [0.25, 0.3) is 0 Å². The van der Waals surface area contributed by atoms with Crippen LogP contribution in [0.1, 0.15) is 31.1 Å². The fourth-order valence-electron chi connectivity index (χ4n) is 2.53. The highest BCUT2D eigenvalue weighted by atomic mass is 19.4. The summed E-state index contributed by atoms with van der Waals surface area (Å²) in [5.41, 5.74) is 1.98. The zero-order valence-corrected chi connectivity index (χ0v) is 13.5. The van der Waals surface area contributed by atoms with Gasteiger partial charge in [-0.15, -0.1) is 13.2 Å². The molecule has 3 nitrogen and oxygen atoms in total. The van der Waals surface area contributed by atoms with Crippen molar-refractivity contribution in [1.82, 2.24) is 0 Å². The first-order valence-electron chi connectivity index (χ1n) is 7.72. The van der Waals surface area contributed by atoms with Crippen LogP contribution < -0.4 is 9.64 Å². The lowest BCUT2D eigenvalue weighted by Crippen LogP contribution is -2.21. The average molecular weight is 339 g/mol. The van der Waals surface area contributed by atoms with Gasteiger partial charge in [0, 0.05) is 18.8 Å². The number of benzene rings is 2. The maximum Gasteiger partial charge on any atom is 0.573 e. The van der Waals surface area contributed by atoms with Crippen LogP contribution in [0.3, 0.4) is 0 Å². The van der Waals surface area contributed by atoms with E-state index in [1.165, 1.54) is 18.2 Å². The van der Waals surface area contributed by atoms with Crippen molar-refractivity contribution in [2.45, 2.75) is 26.3 Å². The molecule has 2 rings (SSSR count). The molecular weight excluding hydrogens is 319 g/mol. The van der Waals surface area contributed by atoms with Crippen molar-refractivity contribution in [2.24, 2.45) is 0 Å². The molecule has 0 aliphatic carbocycles. The molecule has 2 aromatic carbocycles. The van der Waals surface area contributed by atoms with Gasteiger partial charge in [0.15, 0.2) is 0 Å². The Hall–Kier alpha value is -2.21. The third kappa shape index (κ3) is 4.64. The molecule has 0 radical (unpaired) electrons. The number of halogens is 3. The Balaban J connectivity index is 2.19. The zero-order valence-electron chi connectivity index (χ0n) is 13.5. The molecule has 0 amide bonds. The lowest BCUT2D eigenvalue weighted by Gasteiger charge is -2.22. The smallest absolute Gasteiger partial charge is 0.406 e. The molecule has 0 aliphatic rings. The molecule has 0 aromatic heterocycles. The fraction of sp³-hybridized carbons (Fsp3) is 0.333. The van der Waals surface area contributed by atoms with Gasteiger partial charge in [-0.25, -0.2) is 0 Å². The number of anilines is 1. The summed E-state index contributed by atoms with van der Waals surface area (Å²) < 4.78 is 40.8. The van der Waals surface area contributed by atoms with Gasteiger partial charge in [0.25, 0.3) is 0 Å². The summed E-state index contributed by atoms with van der Waals surface area (Å²) in [4.78, 5) is 2.16. The highest BCUT2D eigenvalue weighted by Crippen LogP contribution is 2.29. The van der Waals surface area contributed by atoms with E-state index in [0.29, 0.717) is 11.1 Å². The van der Waals surface area contributed by atoms with E-state index in [0.717, 1.165) is 18.8 Å². The molecule has 1 unspecified atom stereocenters. The number of hydrogen-bond donors (Lipinski definition) is 1. The monoisotopic (exact) mass is 339 g/mol. The number of hydrogen-bond acceptors (Lipinski definition) is 3. The second-order valence-electron chi connectivity index (χ2n) is 5.29. The van der Waals surface area contributed by atoms with E-state index < -0.39 is 12.5 Å². The predicted octanol–water partition coefficient (Wildman–Crippen LogP) is 4.51. The Bertz CT molecular complexity index is 652. The number of aliphatic hydroxyl groups excluding tert-OH is 1. The Kier molecular flexibility index (Phi) is 5.72. The second kappa shape index (κ2) is 7.57. The zero-order chi connectivity index (χ0) is 17.7. The van der Waals surface area contributed by atoms with Gasteiger partial charge >= 0.3 is 6.36 Å². The lowest BCUT2D eigenvalue weighted by molar-refractivity contribution is -0.274. The molecule has 0 aliphatic heterocycles. The second-order valence-corrected chi connectivity index (χ2v) is 5.29. The molecule has 0 bridgehead atoms. The van der Waals surface area contributed by atoms with Gasteiger partial charge in [-0.1, -0.05) is 24.3 Å². The average Bonchev–Trinajstić information content (AvgIpc) is 2.55. The first-order valence-corrected chi connectivity index (χ1v) is 7.72. The molecule has 1 N–H and O–H groups in total. The standard InChI is InChI=1S/C18H20F3NO2/c1-3-22(4-2)15-10-8-13(9-11-15)17(23)14-6-5-7-16(12-14)24-18(19,20)21/h5-12,17,23H,3-4H2,1-2H3. The van der Waals surface area contributed by atoms with Crippen LogP contribution in [-0.2, 0) is 0 Å². The van der Waals surface area contributed by atoms with E-state index in [1.54, 1.807) is 18.2 Å². The number of ether oxygens (including phenoxy) is 1. The minimum atomic E-state index is -4.75. The van der Waals surface area contributed by atoms with Crippen LogP contribution in [0.2, 0.25) is 0 Å². The van der Waals surface area contributed by atoms with Gasteiger partial charge in [-0.2, -0.15) is 0 Å². The number of alkyl halides is 3. The molecule has 2 aromatic rings. The maximum absolute atomic E-state index is 12.3. The number of rotatable bonds is 6. The molecule has 6 heteroatoms. The lowest BCUT2D eigenvalue weighted by atomic mass is 10.0. The number of nitrogens with zero attached hydrogens (tertiary/aromatic N) is 1. The van der Waals surface area contributed by atoms with Crippen LogP contribution in [0.15, 0.2) is 48.5 Å². The van der Waals surface area contributed by atoms with Gasteiger partial charge in [-0.05, 0) is 49.2 Å². The fourth-order valence-corrected chi connectivity index (χ4v) is 2.53. The summed E-state index contributed by atoms with van der Waals surface area (Å²) in [6.07, 6.45) is -5.78. The van der Waals surface area contributed by atoms with Crippen LogP contribution >= 0.6 is 0 Å². The summed E-state index contributed by atoms with van der Waals surface area (Å²) in [5.74, 6) is -0.348. The maximum atomic E-state index is 12.3. The highest BCUT2D eigenvalue weighted by molar-refractivity contribution is 5.48. The van der Waals surface area contributed by atoms with Gasteiger partial charge < -0.3 is 14.7 Å². The van der Waals surface area contributed by atoms with E-state index in [4.69, 9.17) is 0 Å². The largest absolute Gasteiger partial charge is 0.573 e. The van der Waals surface area contributed by atoms with Crippen LogP contribution in [0.4, 0.5) is 18.9 Å². The van der Waals surface area contributed by atoms with Gasteiger partial charge in [-0.3, -0.25) is 0 Å². The van der Waals surface area contributed by atoms with Crippen molar-refractivity contribution in [2.75, 3.05) is 18.0 Å². The van der Waals surface area contributed by atoms with Gasteiger partial charge in [0.1, 0.15) is 11.9 Å². The normalized spacial score (nSPS) is 12.8. The first-order chi connectivity index (χ1) is 11.3. The molecule has 130 valence electrons. The van der Waals surface area contributed by atoms with Crippen molar-refractivity contribution in [1.29, 1.82) is 0 Å². The molecule has 24 heavy (non-hydrogen) atoms. The molecule has 1 atom stereocenters. The Morgan fingerprint density at radius 1 is 1.00 bits per heavy atom. The summed E-state index contributed by atoms with van der Waals surface area (Å²) in [6, 6.07) is 12.7. The minimum absolute atomic E-state index is 0.340. The van der Waals surface area contributed by atoms with Crippen LogP contribution in [0.5, 0.6) is 5.75 Å². The van der Waals surface area contributed by atoms with E-state index >= 15 is 0 Å². The van der Waals surface area contributed by atoms with Crippen molar-refractivity contribution < 1.29 is 23.0 Å². The summed E-state index contributed by atoms with van der Waals surface area (Å²) in [5, 5.41) is 10.4. The Morgan fingerprint density at radius 3 is 2.17 bits per heavy atom. The molecule has 0 saturated heterocycles. The third-order valence-electron chi connectivity index (χ3n) is 3.74. The molecule has 0 fully saturated rings. The summed E-state index contributed by atoms with van der Waals surface area (Å²) >= 11 is 0. The minimum Gasteiger partial charge on any atom is -0.406 e. The van der Waals surface area contributed by atoms with Crippen molar-refractivity contribution in [3.63, 3.8) is 0 Å². The van der Waals surface area contributed by atoms with Crippen LogP contribution in [-0.4, -0.2) is 24.6 Å². The van der Waals surface area contributed by atoms with Crippen molar-refractivity contribution in [3.8, 4) is 5.75 Å². The van der Waals surface area contributed by atoms with E-state index in [1.807, 2.05) is 12.1 Å². The third-order valence-corrected chi connectivity index (χ3v) is 3.74. The van der Waals surface area contributed by atoms with Crippen molar-refractivity contribution in [3.05, 3.63) is 59.7 Å². The van der Waals surface area contributed by atoms with E-state index in [-0.39, 0.29) is 5.75 Å². The van der Waals surface area contributed by atoms with Crippen LogP contribution in [0, 0.1) is 0 Å². The van der Waals surface area contributed by atoms with Gasteiger partial charge in [0.05, 0.1) is 0 Å². The predicted molar refractivity (Wildman–Crippen MR) is 87.2 cm³/mol. The topological polar surface area (TPSA) is 32.7 Å². The van der Waals surface area contributed by atoms with Crippen molar-refractivity contribution >= 4 is 5.69 Å². The molecule has 0 spiro atoms. The van der Waals surface area contributed by atoms with Gasteiger partial charge in [0.2, 0.25) is 0 Å². The highest BCUT2D eigenvalue weighted by Gasteiger charge is 2.31. The quantitative estimate of drug-likeness (QED) is 0.840. The Morgan fingerprint density at radius 2 is 1.62 bits per heavy atom. The summed E-state index contributed by atoms with van der Waals surface area (Å²) in [7, 11) is 0. The Labute approximate surface area is 139 Å². The molecule has 0 saturated carbocycles. The van der Waals surface area contributed by atoms with E-state index in [2.05, 4.69) is 23.5 Å². The SMILES string of the molecule is CCN(CC)c1ccc(C(O)c2cccc(OC(F)(F)F)c2)cc1. The number of aliphatic hydroxyl groups is 1. The van der Waals surface area contributed by atoms with E-state index in [9.17, 15) is 18.3 Å². The first kappa shape index (κ1) is 18.1.